The van der Waals surface area contributed by atoms with Gasteiger partial charge in [-0.1, -0.05) is 64.8 Å². The molecule has 0 amide bonds. The molecule has 204 valence electrons. The average molecular weight is 501 g/mol. The monoisotopic (exact) mass is 500 g/mol. The maximum absolute atomic E-state index is 12.0. The first kappa shape index (κ1) is 27.9. The highest BCUT2D eigenvalue weighted by Crippen LogP contribution is 2.72. The van der Waals surface area contributed by atoms with Crippen LogP contribution in [0.5, 0.6) is 0 Å². The van der Waals surface area contributed by atoms with Crippen molar-refractivity contribution in [1.82, 2.24) is 0 Å². The number of methoxy groups -OCH3 is 1. The second-order valence-corrected chi connectivity index (χ2v) is 14.2. The zero-order chi connectivity index (χ0) is 26.8. The standard InChI is InChI=1S/C32H52O4/c1-19(21(3)28(35)36-9)10-11-20(2)22-14-17-31(7)23-12-13-25-29(4,5)26(33)15-16-30(25,6)24(23)18-27(34)32(22,31)8/h20-22,25-27,33-34H,1,10-18H2,2-9H3/t20-,21?,22-,25+,26?,27?,30-,31+,32+/m1/s1. The van der Waals surface area contributed by atoms with E-state index in [1.165, 1.54) is 7.11 Å². The molecular formula is C32H52O4. The number of aliphatic hydroxyl groups excluding tert-OH is 2. The SMILES string of the molecule is C=C(CC[C@@H](C)[C@H]1CC[C@@]2(C)C3=C(CC(O)[C@]12C)[C@@]1(C)CCC(O)C(C)(C)[C@@H]1CC3)C(C)C(=O)OC. The summed E-state index contributed by atoms with van der Waals surface area (Å²) in [6, 6.07) is 0. The summed E-state index contributed by atoms with van der Waals surface area (Å²) in [7, 11) is 1.44. The third-order valence-corrected chi connectivity index (χ3v) is 12.6. The Labute approximate surface area is 220 Å². The summed E-state index contributed by atoms with van der Waals surface area (Å²) in [6.07, 6.45) is 8.44. The molecule has 0 radical (unpaired) electrons. The summed E-state index contributed by atoms with van der Waals surface area (Å²) < 4.78 is 4.92. The summed E-state index contributed by atoms with van der Waals surface area (Å²) in [6.45, 7) is 20.2. The van der Waals surface area contributed by atoms with Crippen molar-refractivity contribution in [1.29, 1.82) is 0 Å². The van der Waals surface area contributed by atoms with Crippen LogP contribution in [0.2, 0.25) is 0 Å². The minimum absolute atomic E-state index is 0.0173. The molecule has 4 nitrogen and oxygen atoms in total. The topological polar surface area (TPSA) is 66.8 Å². The van der Waals surface area contributed by atoms with Crippen molar-refractivity contribution in [3.63, 3.8) is 0 Å². The van der Waals surface area contributed by atoms with E-state index in [1.807, 2.05) is 6.92 Å². The highest BCUT2D eigenvalue weighted by atomic mass is 16.5. The molecule has 0 aromatic heterocycles. The van der Waals surface area contributed by atoms with Crippen molar-refractivity contribution in [2.45, 2.75) is 118 Å². The zero-order valence-electron chi connectivity index (χ0n) is 24.2. The van der Waals surface area contributed by atoms with Crippen molar-refractivity contribution >= 4 is 5.97 Å². The van der Waals surface area contributed by atoms with E-state index in [0.717, 1.165) is 63.4 Å². The molecule has 36 heavy (non-hydrogen) atoms. The van der Waals surface area contributed by atoms with Gasteiger partial charge in [0, 0.05) is 5.41 Å². The first-order valence-electron chi connectivity index (χ1n) is 14.5. The first-order valence-corrected chi connectivity index (χ1v) is 14.5. The Balaban J connectivity index is 1.60. The van der Waals surface area contributed by atoms with Crippen LogP contribution < -0.4 is 0 Å². The van der Waals surface area contributed by atoms with E-state index in [0.29, 0.717) is 17.8 Å². The molecule has 9 atom stereocenters. The predicted molar refractivity (Wildman–Crippen MR) is 145 cm³/mol. The lowest BCUT2D eigenvalue weighted by Crippen LogP contribution is -2.58. The van der Waals surface area contributed by atoms with E-state index >= 15 is 0 Å². The van der Waals surface area contributed by atoms with Gasteiger partial charge in [-0.3, -0.25) is 4.79 Å². The number of ether oxygens (including phenoxy) is 1. The molecule has 0 heterocycles. The molecule has 4 rings (SSSR count). The number of aliphatic hydroxyl groups is 2. The fraction of sp³-hybridized carbons (Fsp3) is 0.844. The van der Waals surface area contributed by atoms with Gasteiger partial charge in [0.15, 0.2) is 0 Å². The van der Waals surface area contributed by atoms with Crippen LogP contribution in [0.1, 0.15) is 106 Å². The van der Waals surface area contributed by atoms with Crippen LogP contribution in [0, 0.1) is 45.3 Å². The summed E-state index contributed by atoms with van der Waals surface area (Å²) in [5, 5.41) is 22.8. The van der Waals surface area contributed by atoms with Gasteiger partial charge in [-0.2, -0.15) is 0 Å². The molecular weight excluding hydrogens is 448 g/mol. The quantitative estimate of drug-likeness (QED) is 0.309. The zero-order valence-corrected chi connectivity index (χ0v) is 24.2. The van der Waals surface area contributed by atoms with Crippen molar-refractivity contribution in [3.05, 3.63) is 23.3 Å². The van der Waals surface area contributed by atoms with Crippen LogP contribution in [0.15, 0.2) is 23.3 Å². The average Bonchev–Trinajstić information content (AvgIpc) is 3.12. The summed E-state index contributed by atoms with van der Waals surface area (Å²) in [5.74, 6) is 0.881. The molecule has 4 aliphatic rings. The van der Waals surface area contributed by atoms with E-state index < -0.39 is 0 Å². The van der Waals surface area contributed by atoms with E-state index in [-0.39, 0.29) is 45.8 Å². The number of hydrogen-bond donors (Lipinski definition) is 2. The third kappa shape index (κ3) is 3.79. The number of hydrogen-bond acceptors (Lipinski definition) is 4. The Hall–Kier alpha value is -1.13. The smallest absolute Gasteiger partial charge is 0.312 e. The highest BCUT2D eigenvalue weighted by Gasteiger charge is 2.66. The molecule has 3 unspecified atom stereocenters. The van der Waals surface area contributed by atoms with E-state index in [9.17, 15) is 15.0 Å². The van der Waals surface area contributed by atoms with Gasteiger partial charge in [-0.25, -0.2) is 0 Å². The summed E-state index contributed by atoms with van der Waals surface area (Å²) in [5.41, 5.74) is 4.00. The minimum atomic E-state index is -0.348. The molecule has 0 aliphatic heterocycles. The van der Waals surface area contributed by atoms with Crippen LogP contribution in [-0.2, 0) is 9.53 Å². The predicted octanol–water partition coefficient (Wildman–Crippen LogP) is 6.85. The lowest BCUT2D eigenvalue weighted by Gasteiger charge is -2.63. The maximum Gasteiger partial charge on any atom is 0.312 e. The second-order valence-electron chi connectivity index (χ2n) is 14.2. The van der Waals surface area contributed by atoms with Crippen LogP contribution in [-0.4, -0.2) is 35.5 Å². The van der Waals surface area contributed by atoms with Gasteiger partial charge < -0.3 is 14.9 Å². The van der Waals surface area contributed by atoms with Gasteiger partial charge in [0.2, 0.25) is 0 Å². The van der Waals surface area contributed by atoms with Crippen LogP contribution in [0.25, 0.3) is 0 Å². The number of allylic oxidation sites excluding steroid dienone is 1. The summed E-state index contributed by atoms with van der Waals surface area (Å²) in [4.78, 5) is 12.0. The fourth-order valence-electron chi connectivity index (χ4n) is 9.81. The number of rotatable bonds is 6. The van der Waals surface area contributed by atoms with Gasteiger partial charge in [-0.15, -0.1) is 0 Å². The molecule has 2 N–H and O–H groups in total. The van der Waals surface area contributed by atoms with Crippen LogP contribution in [0.4, 0.5) is 0 Å². The number of esters is 1. The van der Waals surface area contributed by atoms with Gasteiger partial charge in [0.1, 0.15) is 0 Å². The largest absolute Gasteiger partial charge is 0.469 e. The van der Waals surface area contributed by atoms with E-state index in [1.54, 1.807) is 11.1 Å². The summed E-state index contributed by atoms with van der Waals surface area (Å²) >= 11 is 0. The molecule has 0 bridgehead atoms. The Morgan fingerprint density at radius 3 is 2.33 bits per heavy atom. The molecule has 0 aromatic carbocycles. The van der Waals surface area contributed by atoms with Gasteiger partial charge in [0.05, 0.1) is 25.2 Å². The number of carbonyl (C=O) groups excluding carboxylic acids is 1. The van der Waals surface area contributed by atoms with Crippen molar-refractivity contribution in [2.24, 2.45) is 45.3 Å². The van der Waals surface area contributed by atoms with E-state index in [4.69, 9.17) is 4.74 Å². The maximum atomic E-state index is 12.0. The Kier molecular flexibility index (Phi) is 7.17. The highest BCUT2D eigenvalue weighted by molar-refractivity contribution is 5.74. The fourth-order valence-corrected chi connectivity index (χ4v) is 9.81. The molecule has 4 aliphatic carbocycles. The van der Waals surface area contributed by atoms with Crippen molar-refractivity contribution < 1.29 is 19.7 Å². The molecule has 0 aromatic rings. The number of carbonyl (C=O) groups is 1. The first-order chi connectivity index (χ1) is 16.7. The molecule has 2 fully saturated rings. The minimum Gasteiger partial charge on any atom is -0.469 e. The Morgan fingerprint density at radius 1 is 1.03 bits per heavy atom. The Morgan fingerprint density at radius 2 is 1.69 bits per heavy atom. The normalized spacial score (nSPS) is 43.2. The van der Waals surface area contributed by atoms with Gasteiger partial charge in [0.25, 0.3) is 0 Å². The third-order valence-electron chi connectivity index (χ3n) is 12.6. The molecule has 4 heteroatoms. The van der Waals surface area contributed by atoms with Crippen LogP contribution in [0.3, 0.4) is 0 Å². The Bertz CT molecular complexity index is 932. The van der Waals surface area contributed by atoms with E-state index in [2.05, 4.69) is 48.1 Å². The second kappa shape index (κ2) is 9.26. The molecule has 0 spiro atoms. The van der Waals surface area contributed by atoms with Crippen molar-refractivity contribution in [3.8, 4) is 0 Å². The number of fused-ring (bicyclic) bond motifs is 4. The van der Waals surface area contributed by atoms with Crippen LogP contribution >= 0.6 is 0 Å². The van der Waals surface area contributed by atoms with Gasteiger partial charge >= 0.3 is 5.97 Å². The lowest BCUT2D eigenvalue weighted by atomic mass is 9.42. The van der Waals surface area contributed by atoms with Crippen molar-refractivity contribution in [2.75, 3.05) is 7.11 Å². The molecule has 2 saturated carbocycles. The molecule has 0 saturated heterocycles. The lowest BCUT2D eigenvalue weighted by molar-refractivity contribution is -0.143. The van der Waals surface area contributed by atoms with Gasteiger partial charge in [-0.05, 0) is 98.7 Å².